The highest BCUT2D eigenvalue weighted by molar-refractivity contribution is 5.78. The molecule has 0 spiro atoms. The van der Waals surface area contributed by atoms with Crippen LogP contribution >= 0.6 is 0 Å². The van der Waals surface area contributed by atoms with Crippen LogP contribution < -0.4 is 11.1 Å². The molecule has 3 N–H and O–H groups in total. The van der Waals surface area contributed by atoms with E-state index in [-0.39, 0.29) is 18.7 Å². The standard InChI is InChI=1S/C15H25F3N2O/c16-15(17,18)13-6-2-3-10(7-13)14(21)20-9-12-5-1-4-11(12)8-19/h10-13H,1-9,19H2,(H,20,21). The molecule has 0 aliphatic heterocycles. The number of hydrogen-bond donors (Lipinski definition) is 2. The van der Waals surface area contributed by atoms with Gasteiger partial charge in [-0.1, -0.05) is 12.8 Å². The number of carbonyl (C=O) groups excluding carboxylic acids is 1. The Bertz CT molecular complexity index is 359. The Labute approximate surface area is 123 Å². The molecule has 0 aromatic carbocycles. The Morgan fingerprint density at radius 3 is 2.43 bits per heavy atom. The van der Waals surface area contributed by atoms with E-state index in [1.54, 1.807) is 0 Å². The molecular weight excluding hydrogens is 281 g/mol. The van der Waals surface area contributed by atoms with Crippen LogP contribution in [0.15, 0.2) is 0 Å². The summed E-state index contributed by atoms with van der Waals surface area (Å²) in [5.41, 5.74) is 5.70. The van der Waals surface area contributed by atoms with Crippen molar-refractivity contribution in [3.8, 4) is 0 Å². The molecule has 0 bridgehead atoms. The fraction of sp³-hybridized carbons (Fsp3) is 0.933. The zero-order valence-corrected chi connectivity index (χ0v) is 12.3. The van der Waals surface area contributed by atoms with Crippen molar-refractivity contribution in [3.05, 3.63) is 0 Å². The molecule has 2 saturated carbocycles. The summed E-state index contributed by atoms with van der Waals surface area (Å²) in [6, 6.07) is 0. The van der Waals surface area contributed by atoms with Crippen molar-refractivity contribution in [1.82, 2.24) is 5.32 Å². The fourth-order valence-corrected chi connectivity index (χ4v) is 3.79. The van der Waals surface area contributed by atoms with Gasteiger partial charge in [0.15, 0.2) is 0 Å². The summed E-state index contributed by atoms with van der Waals surface area (Å²) in [5.74, 6) is -1.17. The van der Waals surface area contributed by atoms with Gasteiger partial charge in [0.1, 0.15) is 0 Å². The number of amides is 1. The third-order valence-electron chi connectivity index (χ3n) is 5.17. The van der Waals surface area contributed by atoms with Gasteiger partial charge in [0.05, 0.1) is 5.92 Å². The molecule has 0 aromatic heterocycles. The van der Waals surface area contributed by atoms with Gasteiger partial charge >= 0.3 is 6.18 Å². The second kappa shape index (κ2) is 6.99. The number of hydrogen-bond acceptors (Lipinski definition) is 2. The van der Waals surface area contributed by atoms with Crippen LogP contribution in [-0.4, -0.2) is 25.2 Å². The van der Waals surface area contributed by atoms with Crippen LogP contribution in [0.2, 0.25) is 0 Å². The summed E-state index contributed by atoms with van der Waals surface area (Å²) in [5, 5.41) is 2.87. The third kappa shape index (κ3) is 4.34. The monoisotopic (exact) mass is 306 g/mol. The summed E-state index contributed by atoms with van der Waals surface area (Å²) in [4.78, 5) is 12.1. The average molecular weight is 306 g/mol. The van der Waals surface area contributed by atoms with E-state index < -0.39 is 18.0 Å². The molecule has 2 rings (SSSR count). The van der Waals surface area contributed by atoms with Gasteiger partial charge in [-0.05, 0) is 50.5 Å². The predicted octanol–water partition coefficient (Wildman–Crippen LogP) is 2.85. The second-order valence-electron chi connectivity index (χ2n) is 6.53. The Morgan fingerprint density at radius 2 is 1.76 bits per heavy atom. The fourth-order valence-electron chi connectivity index (χ4n) is 3.79. The molecular formula is C15H25F3N2O. The molecule has 4 unspecified atom stereocenters. The van der Waals surface area contributed by atoms with Crippen LogP contribution in [-0.2, 0) is 4.79 Å². The predicted molar refractivity (Wildman–Crippen MR) is 74.4 cm³/mol. The van der Waals surface area contributed by atoms with Gasteiger partial charge in [0.2, 0.25) is 5.91 Å². The Kier molecular flexibility index (Phi) is 5.52. The first-order valence-corrected chi connectivity index (χ1v) is 7.96. The number of nitrogens with two attached hydrogens (primary N) is 1. The van der Waals surface area contributed by atoms with Crippen LogP contribution in [0.25, 0.3) is 0 Å². The van der Waals surface area contributed by atoms with E-state index in [1.807, 2.05) is 0 Å². The van der Waals surface area contributed by atoms with Gasteiger partial charge in [-0.25, -0.2) is 0 Å². The molecule has 21 heavy (non-hydrogen) atoms. The van der Waals surface area contributed by atoms with Crippen molar-refractivity contribution in [1.29, 1.82) is 0 Å². The molecule has 3 nitrogen and oxygen atoms in total. The molecule has 122 valence electrons. The van der Waals surface area contributed by atoms with Crippen molar-refractivity contribution in [2.24, 2.45) is 29.4 Å². The molecule has 2 aliphatic carbocycles. The Hall–Kier alpha value is -0.780. The number of nitrogens with one attached hydrogen (secondary N) is 1. The van der Waals surface area contributed by atoms with Crippen LogP contribution in [0.3, 0.4) is 0 Å². The highest BCUT2D eigenvalue weighted by atomic mass is 19.4. The number of carbonyl (C=O) groups is 1. The molecule has 0 heterocycles. The molecule has 0 aromatic rings. The summed E-state index contributed by atoms with van der Waals surface area (Å²) in [6.07, 6.45) is 0.262. The minimum absolute atomic E-state index is 0.0552. The highest BCUT2D eigenvalue weighted by Gasteiger charge is 2.43. The van der Waals surface area contributed by atoms with Gasteiger partial charge in [0.25, 0.3) is 0 Å². The maximum atomic E-state index is 12.8. The van der Waals surface area contributed by atoms with Crippen molar-refractivity contribution in [3.63, 3.8) is 0 Å². The second-order valence-corrected chi connectivity index (χ2v) is 6.53. The lowest BCUT2D eigenvalue weighted by Crippen LogP contribution is -2.40. The van der Waals surface area contributed by atoms with Crippen molar-refractivity contribution < 1.29 is 18.0 Å². The van der Waals surface area contributed by atoms with E-state index in [1.165, 1.54) is 0 Å². The smallest absolute Gasteiger partial charge is 0.356 e. The van der Waals surface area contributed by atoms with Crippen molar-refractivity contribution in [2.75, 3.05) is 13.1 Å². The van der Waals surface area contributed by atoms with Crippen molar-refractivity contribution >= 4 is 5.91 Å². The third-order valence-corrected chi connectivity index (χ3v) is 5.17. The number of rotatable bonds is 4. The van der Waals surface area contributed by atoms with Crippen LogP contribution in [0.1, 0.15) is 44.9 Å². The maximum absolute atomic E-state index is 12.8. The largest absolute Gasteiger partial charge is 0.391 e. The molecule has 2 aliphatic rings. The summed E-state index contributed by atoms with van der Waals surface area (Å²) in [7, 11) is 0. The van der Waals surface area contributed by atoms with E-state index in [2.05, 4.69) is 5.32 Å². The first kappa shape index (κ1) is 16.6. The zero-order chi connectivity index (χ0) is 15.5. The van der Waals surface area contributed by atoms with Gasteiger partial charge in [-0.2, -0.15) is 13.2 Å². The van der Waals surface area contributed by atoms with Gasteiger partial charge in [-0.15, -0.1) is 0 Å². The van der Waals surface area contributed by atoms with Gasteiger partial charge in [-0.3, -0.25) is 4.79 Å². The Balaban J connectivity index is 1.80. The summed E-state index contributed by atoms with van der Waals surface area (Å²) < 4.78 is 38.3. The molecule has 1 amide bonds. The number of halogens is 3. The summed E-state index contributed by atoms with van der Waals surface area (Å²) in [6.45, 7) is 1.19. The SMILES string of the molecule is NCC1CCCC1CNC(=O)C1CCCC(C(F)(F)F)C1. The average Bonchev–Trinajstić information content (AvgIpc) is 2.91. The number of alkyl halides is 3. The van der Waals surface area contributed by atoms with E-state index in [9.17, 15) is 18.0 Å². The van der Waals surface area contributed by atoms with E-state index in [0.29, 0.717) is 37.8 Å². The maximum Gasteiger partial charge on any atom is 0.391 e. The lowest BCUT2D eigenvalue weighted by Gasteiger charge is -2.30. The van der Waals surface area contributed by atoms with Crippen molar-refractivity contribution in [2.45, 2.75) is 51.1 Å². The minimum Gasteiger partial charge on any atom is -0.356 e. The van der Waals surface area contributed by atoms with Gasteiger partial charge < -0.3 is 11.1 Å². The van der Waals surface area contributed by atoms with E-state index >= 15 is 0 Å². The first-order chi connectivity index (χ1) is 9.91. The van der Waals surface area contributed by atoms with Crippen LogP contribution in [0.5, 0.6) is 0 Å². The zero-order valence-electron chi connectivity index (χ0n) is 12.3. The molecule has 0 radical (unpaired) electrons. The molecule has 0 saturated heterocycles. The van der Waals surface area contributed by atoms with E-state index in [0.717, 1.165) is 19.3 Å². The topological polar surface area (TPSA) is 55.1 Å². The lowest BCUT2D eigenvalue weighted by molar-refractivity contribution is -0.186. The quantitative estimate of drug-likeness (QED) is 0.839. The molecule has 4 atom stereocenters. The molecule has 6 heteroatoms. The molecule has 2 fully saturated rings. The van der Waals surface area contributed by atoms with Crippen LogP contribution in [0.4, 0.5) is 13.2 Å². The van der Waals surface area contributed by atoms with E-state index in [4.69, 9.17) is 5.73 Å². The minimum atomic E-state index is -4.17. The highest BCUT2D eigenvalue weighted by Crippen LogP contribution is 2.40. The van der Waals surface area contributed by atoms with Gasteiger partial charge in [0, 0.05) is 12.5 Å². The normalized spacial score (nSPS) is 33.9. The summed E-state index contributed by atoms with van der Waals surface area (Å²) >= 11 is 0. The first-order valence-electron chi connectivity index (χ1n) is 7.96. The Morgan fingerprint density at radius 1 is 1.10 bits per heavy atom. The van der Waals surface area contributed by atoms with Crippen LogP contribution in [0, 0.1) is 23.7 Å². The lowest BCUT2D eigenvalue weighted by atomic mass is 9.80.